The molecule has 18 heteroatoms. The van der Waals surface area contributed by atoms with Crippen molar-refractivity contribution in [2.75, 3.05) is 13.2 Å². The molecular formula is C46H45F2N11O5. The molecule has 2 aliphatic heterocycles. The number of imidazole rings is 1. The number of aryl methyl sites for hydroxylation is 3. The monoisotopic (exact) mass is 869 g/mol. The average Bonchev–Trinajstić information content (AvgIpc) is 3.89. The van der Waals surface area contributed by atoms with Crippen molar-refractivity contribution in [3.63, 3.8) is 0 Å². The molecule has 6 aromatic heterocycles. The molecule has 1 saturated carbocycles. The number of amides is 1. The van der Waals surface area contributed by atoms with Crippen LogP contribution in [0.2, 0.25) is 0 Å². The number of halogens is 2. The maximum atomic E-state index is 16.1. The lowest BCUT2D eigenvalue weighted by Gasteiger charge is -2.35. The second-order valence-corrected chi connectivity index (χ2v) is 18.3. The summed E-state index contributed by atoms with van der Waals surface area (Å²) in [5.74, 6) is -1.13. The van der Waals surface area contributed by atoms with Gasteiger partial charge in [-0.05, 0) is 112 Å². The Morgan fingerprint density at radius 3 is 2.47 bits per heavy atom. The molecule has 1 aliphatic carbocycles. The molecule has 3 aliphatic rings. The molecule has 0 unspecified atom stereocenters. The van der Waals surface area contributed by atoms with Crippen LogP contribution >= 0.6 is 0 Å². The Hall–Kier alpha value is -6.95. The quantitative estimate of drug-likeness (QED) is 0.194. The van der Waals surface area contributed by atoms with Crippen molar-refractivity contribution < 1.29 is 22.8 Å². The van der Waals surface area contributed by atoms with Gasteiger partial charge in [-0.3, -0.25) is 28.1 Å². The zero-order valence-electron chi connectivity index (χ0n) is 36.1. The van der Waals surface area contributed by atoms with Crippen molar-refractivity contribution in [3.05, 3.63) is 133 Å². The molecule has 0 radical (unpaired) electrons. The molecule has 1 N–H and O–H groups in total. The number of H-pyrrole nitrogens is 1. The van der Waals surface area contributed by atoms with Gasteiger partial charge in [0.05, 0.1) is 46.3 Å². The summed E-state index contributed by atoms with van der Waals surface area (Å²) in [6.45, 7) is 10.5. The van der Waals surface area contributed by atoms with Gasteiger partial charge < -0.3 is 14.2 Å². The zero-order chi connectivity index (χ0) is 44.6. The number of hydrogen-bond donors (Lipinski definition) is 1. The Bertz CT molecular complexity index is 3340. The van der Waals surface area contributed by atoms with E-state index in [-0.39, 0.29) is 53.3 Å². The van der Waals surface area contributed by atoms with Gasteiger partial charge in [0, 0.05) is 56.2 Å². The molecule has 8 heterocycles. The standard InChI is InChI=1S/C46H45F2N11O5/c1-24-15-30(16-25(2)37(24)47)59-40(57-13-12-56(44(57)62)35-8-7-34-31(38(35)48)22-50-54(34)6)32-23-55(11-9-33(32)52-59)41(60)36-18-28-17-29(27-10-14-63-45(4,5)20-27)21-49-39(28)58(36)46(19-26(46)3)42-51-43(61)64-53-42/h7-8,12-13,15-18,21-22,26-27H,9-11,14,19-20,23H2,1-6H3,(H,51,53,61)/t26-,27-,46-/m0/s1. The number of carbonyl (C=O) groups excluding carboxylic acids is 1. The summed E-state index contributed by atoms with van der Waals surface area (Å²) in [5.41, 5.74) is 3.37. The lowest BCUT2D eigenvalue weighted by molar-refractivity contribution is -0.0593. The topological polar surface area (TPSA) is 169 Å². The first-order chi connectivity index (χ1) is 30.6. The number of fused-ring (bicyclic) bond motifs is 3. The first-order valence-corrected chi connectivity index (χ1v) is 21.4. The van der Waals surface area contributed by atoms with E-state index in [2.05, 4.69) is 35.2 Å². The minimum absolute atomic E-state index is 0.0341. The van der Waals surface area contributed by atoms with Crippen molar-refractivity contribution in [2.24, 2.45) is 13.0 Å². The number of pyridine rings is 1. The predicted molar refractivity (Wildman–Crippen MR) is 230 cm³/mol. The molecule has 2 aromatic carbocycles. The highest BCUT2D eigenvalue weighted by Gasteiger charge is 2.59. The van der Waals surface area contributed by atoms with Crippen LogP contribution in [0.25, 0.3) is 39.1 Å². The molecule has 1 saturated heterocycles. The number of nitrogens with one attached hydrogen (secondary N) is 1. The van der Waals surface area contributed by atoms with Crippen LogP contribution in [-0.2, 0) is 30.3 Å². The second kappa shape index (κ2) is 14.0. The molecule has 0 bridgehead atoms. The molecule has 0 spiro atoms. The van der Waals surface area contributed by atoms with Crippen molar-refractivity contribution >= 4 is 27.8 Å². The fourth-order valence-corrected chi connectivity index (χ4v) is 10.2. The molecule has 1 amide bonds. The molecule has 64 heavy (non-hydrogen) atoms. The van der Waals surface area contributed by atoms with Crippen LogP contribution in [0.5, 0.6) is 0 Å². The number of rotatable bonds is 7. The normalized spacial score (nSPS) is 20.7. The Morgan fingerprint density at radius 2 is 1.75 bits per heavy atom. The van der Waals surface area contributed by atoms with Crippen LogP contribution in [0.3, 0.4) is 0 Å². The Kier molecular flexibility index (Phi) is 8.74. The minimum atomic E-state index is -0.909. The molecule has 2 fully saturated rings. The summed E-state index contributed by atoms with van der Waals surface area (Å²) in [4.78, 5) is 51.7. The lowest BCUT2D eigenvalue weighted by Crippen LogP contribution is -2.39. The molecule has 3 atom stereocenters. The fraction of sp³-hybridized carbons (Fsp3) is 0.370. The number of aromatic nitrogens is 10. The van der Waals surface area contributed by atoms with E-state index in [1.54, 1.807) is 59.6 Å². The number of carbonyl (C=O) groups is 1. The van der Waals surface area contributed by atoms with E-state index in [4.69, 9.17) is 19.3 Å². The summed E-state index contributed by atoms with van der Waals surface area (Å²) in [6.07, 6.45) is 8.90. The van der Waals surface area contributed by atoms with Gasteiger partial charge >= 0.3 is 11.4 Å². The third-order valence-corrected chi connectivity index (χ3v) is 13.6. The van der Waals surface area contributed by atoms with Gasteiger partial charge in [-0.2, -0.15) is 10.2 Å². The van der Waals surface area contributed by atoms with Crippen molar-refractivity contribution in [1.29, 1.82) is 0 Å². The summed E-state index contributed by atoms with van der Waals surface area (Å²) in [5, 5.41) is 14.4. The van der Waals surface area contributed by atoms with Gasteiger partial charge in [0.15, 0.2) is 11.6 Å². The van der Waals surface area contributed by atoms with Crippen molar-refractivity contribution in [3.8, 4) is 17.2 Å². The van der Waals surface area contributed by atoms with E-state index >= 15 is 13.6 Å². The third-order valence-electron chi connectivity index (χ3n) is 13.6. The SMILES string of the molecule is Cc1cc(-n2nc3c(c2-n2ccn(-c4ccc5c(cnn5C)c4F)c2=O)CN(C(=O)c2cc4cc([C@H]5CCOC(C)(C)C5)cnc4n2[C@@]2(c4noc(=O)[nH]4)C[C@@H]2C)CC3)cc(C)c1F. The Labute approximate surface area is 363 Å². The smallest absolute Gasteiger partial charge is 0.376 e. The first-order valence-electron chi connectivity index (χ1n) is 21.4. The predicted octanol–water partition coefficient (Wildman–Crippen LogP) is 6.28. The zero-order valence-corrected chi connectivity index (χ0v) is 36.1. The van der Waals surface area contributed by atoms with Crippen LogP contribution in [-0.4, -0.2) is 77.9 Å². The van der Waals surface area contributed by atoms with E-state index in [0.717, 1.165) is 23.8 Å². The second-order valence-electron chi connectivity index (χ2n) is 18.3. The number of benzene rings is 2. The summed E-state index contributed by atoms with van der Waals surface area (Å²) in [6, 6.07) is 10.5. The third kappa shape index (κ3) is 5.98. The molecular weight excluding hydrogens is 825 g/mol. The van der Waals surface area contributed by atoms with Crippen LogP contribution in [0.4, 0.5) is 8.78 Å². The molecule has 16 nitrogen and oxygen atoms in total. The van der Waals surface area contributed by atoms with Crippen LogP contribution < -0.4 is 11.4 Å². The summed E-state index contributed by atoms with van der Waals surface area (Å²) in [7, 11) is 1.71. The Balaban J connectivity index is 1.04. The van der Waals surface area contributed by atoms with Crippen LogP contribution in [0.15, 0.2) is 75.3 Å². The number of nitrogens with zero attached hydrogens (tertiary/aromatic N) is 10. The number of aromatic amines is 1. The molecule has 328 valence electrons. The van der Waals surface area contributed by atoms with Gasteiger partial charge in [-0.15, -0.1) is 0 Å². The number of hydrogen-bond acceptors (Lipinski definition) is 9. The largest absolute Gasteiger partial charge is 0.438 e. The van der Waals surface area contributed by atoms with E-state index < -0.39 is 22.8 Å². The molecule has 8 aromatic rings. The maximum Gasteiger partial charge on any atom is 0.438 e. The summed E-state index contributed by atoms with van der Waals surface area (Å²) >= 11 is 0. The number of ether oxygens (including phenoxy) is 1. The van der Waals surface area contributed by atoms with Crippen LogP contribution in [0, 0.1) is 31.4 Å². The van der Waals surface area contributed by atoms with Gasteiger partial charge in [0.2, 0.25) is 0 Å². The highest BCUT2D eigenvalue weighted by atomic mass is 19.1. The van der Waals surface area contributed by atoms with Crippen molar-refractivity contribution in [2.45, 2.75) is 83.9 Å². The van der Waals surface area contributed by atoms with Gasteiger partial charge in [0.25, 0.3) is 5.91 Å². The highest BCUT2D eigenvalue weighted by Crippen LogP contribution is 2.56. The van der Waals surface area contributed by atoms with E-state index in [0.29, 0.717) is 76.0 Å². The first kappa shape index (κ1) is 39.9. The fourth-order valence-electron chi connectivity index (χ4n) is 10.2. The van der Waals surface area contributed by atoms with E-state index in [1.165, 1.54) is 27.6 Å². The average molecular weight is 870 g/mol. The summed E-state index contributed by atoms with van der Waals surface area (Å²) < 4.78 is 49.8. The van der Waals surface area contributed by atoms with Gasteiger partial charge in [0.1, 0.15) is 28.5 Å². The van der Waals surface area contributed by atoms with Gasteiger partial charge in [-0.25, -0.2) is 28.0 Å². The van der Waals surface area contributed by atoms with Gasteiger partial charge in [-0.1, -0.05) is 12.1 Å². The highest BCUT2D eigenvalue weighted by molar-refractivity contribution is 5.99. The Morgan fingerprint density at radius 1 is 0.984 bits per heavy atom. The maximum absolute atomic E-state index is 16.1. The lowest BCUT2D eigenvalue weighted by atomic mass is 9.84. The minimum Gasteiger partial charge on any atom is -0.376 e. The van der Waals surface area contributed by atoms with E-state index in [9.17, 15) is 9.59 Å². The van der Waals surface area contributed by atoms with Crippen molar-refractivity contribution in [1.82, 2.24) is 53.3 Å². The van der Waals surface area contributed by atoms with Crippen LogP contribution in [0.1, 0.15) is 90.2 Å². The van der Waals surface area contributed by atoms with E-state index in [1.807, 2.05) is 23.8 Å². The molecule has 11 rings (SSSR count).